The van der Waals surface area contributed by atoms with Gasteiger partial charge in [-0.15, -0.1) is 0 Å². The Kier molecular flexibility index (Phi) is 11.8. The first-order valence-corrected chi connectivity index (χ1v) is 15.8. The second-order valence-electron chi connectivity index (χ2n) is 12.0. The summed E-state index contributed by atoms with van der Waals surface area (Å²) in [5.41, 5.74) is -2.26. The molecule has 2 aliphatic rings. The van der Waals surface area contributed by atoms with Gasteiger partial charge in [0, 0.05) is 69.2 Å². The highest BCUT2D eigenvalue weighted by Crippen LogP contribution is 2.38. The van der Waals surface area contributed by atoms with Gasteiger partial charge < -0.3 is 19.3 Å². The Morgan fingerprint density at radius 2 is 1.54 bits per heavy atom. The number of benzene rings is 1. The van der Waals surface area contributed by atoms with Crippen molar-refractivity contribution in [3.05, 3.63) is 52.8 Å². The largest absolute Gasteiger partial charge is 0.469 e. The van der Waals surface area contributed by atoms with Crippen LogP contribution in [0.2, 0.25) is 0 Å². The van der Waals surface area contributed by atoms with E-state index in [-0.39, 0.29) is 61.6 Å². The standard InChI is InChI=1S/C32H40F6N6O4/c1-5-25-13-27(14-26(6-2)44(25)30(46)48-9-7-8-28(45)47-4)43(29-39-15-21(16-40-29)22-17-41-42(3)19-22)18-20-10-23(31(33,34)35)12-24(11-20)32(36,37)38/h10-12,15-17,22,25-27H,5-9,13-14,18-19H2,1-4H3/t22?,25-,26+,27?. The van der Waals surface area contributed by atoms with E-state index in [0.29, 0.717) is 32.2 Å². The number of carbonyl (C=O) groups is 2. The number of methoxy groups -OCH3 is 1. The number of halogens is 6. The minimum atomic E-state index is -5.00. The average molecular weight is 687 g/mol. The fourth-order valence-corrected chi connectivity index (χ4v) is 6.19. The molecule has 16 heteroatoms. The smallest absolute Gasteiger partial charge is 0.416 e. The fraction of sp³-hybridized carbons (Fsp3) is 0.594. The molecular formula is C32H40F6N6O4. The number of likely N-dealkylation sites (N-methyl/N-ethyl adjacent to an activating group) is 1. The van der Waals surface area contributed by atoms with Gasteiger partial charge in [-0.3, -0.25) is 9.80 Å². The molecule has 0 bridgehead atoms. The number of hydrazone groups is 1. The lowest BCUT2D eigenvalue weighted by Crippen LogP contribution is -2.57. The summed E-state index contributed by atoms with van der Waals surface area (Å²) in [6, 6.07) is 0.377. The third kappa shape index (κ3) is 9.07. The zero-order chi connectivity index (χ0) is 35.2. The molecule has 3 heterocycles. The molecule has 2 aliphatic heterocycles. The van der Waals surface area contributed by atoms with Crippen molar-refractivity contribution in [2.45, 2.75) is 95.3 Å². The molecule has 0 spiro atoms. The summed E-state index contributed by atoms with van der Waals surface area (Å²) >= 11 is 0. The Morgan fingerprint density at radius 1 is 0.958 bits per heavy atom. The predicted octanol–water partition coefficient (Wildman–Crippen LogP) is 6.65. The first-order valence-electron chi connectivity index (χ1n) is 15.8. The number of amides is 1. The third-order valence-electron chi connectivity index (χ3n) is 8.70. The molecule has 4 rings (SSSR count). The van der Waals surface area contributed by atoms with Gasteiger partial charge in [0.05, 0.1) is 24.8 Å². The van der Waals surface area contributed by atoms with Crippen LogP contribution in [0, 0.1) is 0 Å². The van der Waals surface area contributed by atoms with E-state index in [1.165, 1.54) is 7.11 Å². The summed E-state index contributed by atoms with van der Waals surface area (Å²) in [5.74, 6) is -0.361. The Labute approximate surface area is 275 Å². The number of esters is 1. The lowest BCUT2D eigenvalue weighted by Gasteiger charge is -2.47. The van der Waals surface area contributed by atoms with Crippen LogP contribution in [0.15, 0.2) is 35.7 Å². The molecule has 2 aromatic rings. The van der Waals surface area contributed by atoms with E-state index in [2.05, 4.69) is 19.8 Å². The molecule has 2 unspecified atom stereocenters. The van der Waals surface area contributed by atoms with Crippen LogP contribution in [0.5, 0.6) is 0 Å². The number of alkyl halides is 6. The van der Waals surface area contributed by atoms with E-state index < -0.39 is 41.6 Å². The number of aromatic nitrogens is 2. The van der Waals surface area contributed by atoms with E-state index in [4.69, 9.17) is 4.74 Å². The molecule has 0 N–H and O–H groups in total. The quantitative estimate of drug-likeness (QED) is 0.147. The van der Waals surface area contributed by atoms with Crippen LogP contribution in [0.3, 0.4) is 0 Å². The van der Waals surface area contributed by atoms with Crippen molar-refractivity contribution in [3.63, 3.8) is 0 Å². The van der Waals surface area contributed by atoms with Crippen molar-refractivity contribution < 1.29 is 45.4 Å². The second-order valence-corrected chi connectivity index (χ2v) is 12.0. The summed E-state index contributed by atoms with van der Waals surface area (Å²) in [5, 5.41) is 5.98. The van der Waals surface area contributed by atoms with Crippen molar-refractivity contribution in [1.29, 1.82) is 0 Å². The maximum absolute atomic E-state index is 13.8. The highest BCUT2D eigenvalue weighted by Gasteiger charge is 2.41. The first kappa shape index (κ1) is 36.7. The summed E-state index contributed by atoms with van der Waals surface area (Å²) in [4.78, 5) is 37.1. The van der Waals surface area contributed by atoms with Crippen molar-refractivity contribution in [1.82, 2.24) is 19.9 Å². The SMILES string of the molecule is CC[C@@H]1CC(N(Cc2cc(C(F)(F)F)cc(C(F)(F)F)c2)c2ncc(C3C=NN(C)C3)cn2)C[C@H](CC)N1C(=O)OCCCC(=O)OC. The Hall–Kier alpha value is -4.11. The molecule has 48 heavy (non-hydrogen) atoms. The Bertz CT molecular complexity index is 1390. The number of carbonyl (C=O) groups excluding carboxylic acids is 2. The van der Waals surface area contributed by atoms with E-state index in [9.17, 15) is 35.9 Å². The summed E-state index contributed by atoms with van der Waals surface area (Å²) in [6.45, 7) is 4.04. The lowest BCUT2D eigenvalue weighted by atomic mass is 9.87. The minimum absolute atomic E-state index is 0.00558. The van der Waals surface area contributed by atoms with E-state index >= 15 is 0 Å². The maximum atomic E-state index is 13.8. The van der Waals surface area contributed by atoms with Crippen LogP contribution in [0.4, 0.5) is 37.1 Å². The van der Waals surface area contributed by atoms with Gasteiger partial charge in [0.1, 0.15) is 0 Å². The second kappa shape index (κ2) is 15.4. The van der Waals surface area contributed by atoms with Gasteiger partial charge >= 0.3 is 24.4 Å². The van der Waals surface area contributed by atoms with Gasteiger partial charge in [0.15, 0.2) is 0 Å². The number of nitrogens with zero attached hydrogens (tertiary/aromatic N) is 6. The van der Waals surface area contributed by atoms with Crippen LogP contribution in [0.25, 0.3) is 0 Å². The normalized spacial score (nSPS) is 21.4. The van der Waals surface area contributed by atoms with Crippen molar-refractivity contribution in [3.8, 4) is 0 Å². The van der Waals surface area contributed by atoms with Crippen LogP contribution in [-0.2, 0) is 33.2 Å². The third-order valence-corrected chi connectivity index (χ3v) is 8.70. The zero-order valence-corrected chi connectivity index (χ0v) is 27.2. The molecule has 0 radical (unpaired) electrons. The summed E-state index contributed by atoms with van der Waals surface area (Å²) in [7, 11) is 3.08. The van der Waals surface area contributed by atoms with Gasteiger partial charge in [-0.2, -0.15) is 31.4 Å². The number of rotatable bonds is 11. The fourth-order valence-electron chi connectivity index (χ4n) is 6.19. The predicted molar refractivity (Wildman–Crippen MR) is 164 cm³/mol. The molecule has 10 nitrogen and oxygen atoms in total. The average Bonchev–Trinajstić information content (AvgIpc) is 3.49. The monoisotopic (exact) mass is 686 g/mol. The van der Waals surface area contributed by atoms with Gasteiger partial charge in [0.25, 0.3) is 0 Å². The number of ether oxygens (including phenoxy) is 2. The molecular weight excluding hydrogens is 646 g/mol. The Morgan fingerprint density at radius 3 is 2.02 bits per heavy atom. The highest BCUT2D eigenvalue weighted by atomic mass is 19.4. The molecule has 4 atom stereocenters. The van der Waals surface area contributed by atoms with Crippen LogP contribution in [0.1, 0.15) is 80.5 Å². The molecule has 264 valence electrons. The van der Waals surface area contributed by atoms with Gasteiger partial charge in [-0.25, -0.2) is 14.8 Å². The van der Waals surface area contributed by atoms with Crippen molar-refractivity contribution in [2.24, 2.45) is 5.10 Å². The van der Waals surface area contributed by atoms with E-state index in [1.807, 2.05) is 20.9 Å². The van der Waals surface area contributed by atoms with Crippen molar-refractivity contribution >= 4 is 24.2 Å². The highest BCUT2D eigenvalue weighted by molar-refractivity contribution is 5.70. The minimum Gasteiger partial charge on any atom is -0.469 e. The summed E-state index contributed by atoms with van der Waals surface area (Å²) < 4.78 is 92.7. The maximum Gasteiger partial charge on any atom is 0.416 e. The van der Waals surface area contributed by atoms with E-state index in [1.54, 1.807) is 33.4 Å². The van der Waals surface area contributed by atoms with Crippen LogP contribution in [-0.4, -0.2) is 83.6 Å². The molecule has 1 fully saturated rings. The molecule has 1 aromatic heterocycles. The molecule has 1 saturated heterocycles. The number of anilines is 1. The number of hydrogen-bond donors (Lipinski definition) is 0. The Balaban J connectivity index is 1.66. The number of piperidine rings is 1. The zero-order valence-electron chi connectivity index (χ0n) is 27.2. The van der Waals surface area contributed by atoms with Crippen LogP contribution >= 0.6 is 0 Å². The lowest BCUT2D eigenvalue weighted by molar-refractivity contribution is -0.143. The van der Waals surface area contributed by atoms with Gasteiger partial charge in [0.2, 0.25) is 5.95 Å². The molecule has 1 aromatic carbocycles. The van der Waals surface area contributed by atoms with E-state index in [0.717, 1.165) is 17.7 Å². The topological polar surface area (TPSA) is 100 Å². The van der Waals surface area contributed by atoms with Gasteiger partial charge in [-0.05, 0) is 61.4 Å². The van der Waals surface area contributed by atoms with Gasteiger partial charge in [-0.1, -0.05) is 13.8 Å². The molecule has 0 saturated carbocycles. The number of likely N-dealkylation sites (tertiary alicyclic amines) is 1. The first-order chi connectivity index (χ1) is 22.6. The van der Waals surface area contributed by atoms with Crippen molar-refractivity contribution in [2.75, 3.05) is 32.2 Å². The summed E-state index contributed by atoms with van der Waals surface area (Å²) in [6.07, 6.45) is -3.58. The molecule has 0 aliphatic carbocycles. The molecule has 1 amide bonds. The van der Waals surface area contributed by atoms with Crippen LogP contribution < -0.4 is 4.90 Å². The number of hydrogen-bond acceptors (Lipinski definition) is 9.